The molecular weight excluding hydrogens is 355 g/mol. The molecule has 0 aliphatic heterocycles. The van der Waals surface area contributed by atoms with Crippen LogP contribution in [0.1, 0.15) is 19.5 Å². The molecule has 0 aromatic carbocycles. The van der Waals surface area contributed by atoms with E-state index >= 15 is 0 Å². The van der Waals surface area contributed by atoms with Gasteiger partial charge in [0.25, 0.3) is 0 Å². The Labute approximate surface area is 129 Å². The first-order valence-electron chi connectivity index (χ1n) is 6.08. The van der Waals surface area contributed by atoms with Crippen LogP contribution in [0.5, 0.6) is 0 Å². The summed E-state index contributed by atoms with van der Waals surface area (Å²) in [6.07, 6.45) is 3.48. The zero-order valence-electron chi connectivity index (χ0n) is 11.2. The molecule has 104 valence electrons. The summed E-state index contributed by atoms with van der Waals surface area (Å²) in [5, 5.41) is 4.21. The highest BCUT2D eigenvalue weighted by molar-refractivity contribution is 14.0. The Morgan fingerprint density at radius 1 is 1.32 bits per heavy atom. The van der Waals surface area contributed by atoms with E-state index in [0.29, 0.717) is 12.5 Å². The molecular formula is C12H19IN6. The van der Waals surface area contributed by atoms with Crippen LogP contribution in [-0.4, -0.2) is 38.5 Å². The van der Waals surface area contributed by atoms with Gasteiger partial charge in [0, 0.05) is 25.4 Å². The van der Waals surface area contributed by atoms with E-state index in [1.807, 2.05) is 17.0 Å². The zero-order chi connectivity index (χ0) is 13.0. The van der Waals surface area contributed by atoms with E-state index in [9.17, 15) is 0 Å². The molecule has 2 aromatic rings. The molecule has 2 heterocycles. The number of nitrogens with two attached hydrogens (primary N) is 1. The Kier molecular flexibility index (Phi) is 6.00. The van der Waals surface area contributed by atoms with Crippen LogP contribution in [0, 0.1) is 0 Å². The topological polar surface area (TPSA) is 71.8 Å². The van der Waals surface area contributed by atoms with Crippen LogP contribution < -0.4 is 5.73 Å². The van der Waals surface area contributed by atoms with Gasteiger partial charge < -0.3 is 10.6 Å². The lowest BCUT2D eigenvalue weighted by Gasteiger charge is -2.19. The lowest BCUT2D eigenvalue weighted by molar-refractivity contribution is 0.458. The first-order chi connectivity index (χ1) is 8.76. The highest BCUT2D eigenvalue weighted by Gasteiger charge is 2.04. The Morgan fingerprint density at radius 3 is 2.74 bits per heavy atom. The molecule has 0 bridgehead atoms. The summed E-state index contributed by atoms with van der Waals surface area (Å²) in [5.41, 5.74) is 7.73. The fourth-order valence-electron chi connectivity index (χ4n) is 1.81. The van der Waals surface area contributed by atoms with Crippen LogP contribution >= 0.6 is 24.0 Å². The first kappa shape index (κ1) is 15.7. The molecule has 2 rings (SSSR count). The molecule has 0 unspecified atom stereocenters. The number of fused-ring (bicyclic) bond motifs is 1. The maximum Gasteiger partial charge on any atom is 0.191 e. The van der Waals surface area contributed by atoms with Crippen molar-refractivity contribution < 1.29 is 0 Å². The summed E-state index contributed by atoms with van der Waals surface area (Å²) in [4.78, 5) is 10.6. The molecule has 19 heavy (non-hydrogen) atoms. The van der Waals surface area contributed by atoms with Gasteiger partial charge in [-0.15, -0.1) is 24.0 Å². The van der Waals surface area contributed by atoms with Crippen molar-refractivity contribution in [3.05, 3.63) is 30.2 Å². The lowest BCUT2D eigenvalue weighted by atomic mass is 10.4. The van der Waals surface area contributed by atoms with E-state index in [0.717, 1.165) is 24.4 Å². The molecule has 2 N–H and O–H groups in total. The second kappa shape index (κ2) is 7.27. The lowest BCUT2D eigenvalue weighted by Crippen LogP contribution is -2.37. The Bertz CT molecular complexity index is 546. The SMILES string of the molecule is CCN(CC)C(N)=NCc1ccnc2ccnn12.I. The van der Waals surface area contributed by atoms with Gasteiger partial charge in [0.1, 0.15) is 0 Å². The quantitative estimate of drug-likeness (QED) is 0.500. The molecule has 0 fully saturated rings. The summed E-state index contributed by atoms with van der Waals surface area (Å²) in [5.74, 6) is 0.567. The zero-order valence-corrected chi connectivity index (χ0v) is 13.5. The van der Waals surface area contributed by atoms with Crippen LogP contribution in [0.25, 0.3) is 5.65 Å². The molecule has 0 spiro atoms. The number of aromatic nitrogens is 3. The van der Waals surface area contributed by atoms with E-state index in [1.54, 1.807) is 16.9 Å². The maximum atomic E-state index is 5.94. The fourth-order valence-corrected chi connectivity index (χ4v) is 1.81. The first-order valence-corrected chi connectivity index (χ1v) is 6.08. The van der Waals surface area contributed by atoms with Crippen molar-refractivity contribution in [1.82, 2.24) is 19.5 Å². The van der Waals surface area contributed by atoms with Gasteiger partial charge in [-0.25, -0.2) is 14.5 Å². The summed E-state index contributed by atoms with van der Waals surface area (Å²) in [6.45, 7) is 6.34. The van der Waals surface area contributed by atoms with Gasteiger partial charge in [0.15, 0.2) is 11.6 Å². The third kappa shape index (κ3) is 3.55. The molecule has 0 amide bonds. The molecule has 2 aromatic heterocycles. The van der Waals surface area contributed by atoms with Crippen LogP contribution in [0.4, 0.5) is 0 Å². The van der Waals surface area contributed by atoms with Crippen molar-refractivity contribution >= 4 is 35.6 Å². The van der Waals surface area contributed by atoms with Crippen molar-refractivity contribution in [2.45, 2.75) is 20.4 Å². The molecule has 0 atom stereocenters. The fraction of sp³-hybridized carbons (Fsp3) is 0.417. The minimum absolute atomic E-state index is 0. The van der Waals surface area contributed by atoms with Crippen molar-refractivity contribution in [1.29, 1.82) is 0 Å². The summed E-state index contributed by atoms with van der Waals surface area (Å²) < 4.78 is 1.78. The van der Waals surface area contributed by atoms with E-state index in [-0.39, 0.29) is 24.0 Å². The number of hydrogen-bond acceptors (Lipinski definition) is 3. The standard InChI is InChI=1S/C12H18N6.HI/c1-3-17(4-2)12(13)15-9-10-5-7-14-11-6-8-16-18(10)11;/h5-8H,3-4,9H2,1-2H3,(H2,13,15);1H. The normalized spacial score (nSPS) is 11.4. The number of rotatable bonds is 4. The molecule has 6 nitrogen and oxygen atoms in total. The molecule has 0 aliphatic carbocycles. The largest absolute Gasteiger partial charge is 0.370 e. The second-order valence-electron chi connectivity index (χ2n) is 3.88. The van der Waals surface area contributed by atoms with Crippen molar-refractivity contribution in [2.75, 3.05) is 13.1 Å². The third-order valence-electron chi connectivity index (χ3n) is 2.86. The van der Waals surface area contributed by atoms with Gasteiger partial charge in [-0.3, -0.25) is 0 Å². The minimum Gasteiger partial charge on any atom is -0.370 e. The monoisotopic (exact) mass is 374 g/mol. The number of guanidine groups is 1. The Hall–Kier alpha value is -1.38. The van der Waals surface area contributed by atoms with Crippen LogP contribution in [-0.2, 0) is 6.54 Å². The van der Waals surface area contributed by atoms with Gasteiger partial charge in [-0.1, -0.05) is 0 Å². The van der Waals surface area contributed by atoms with Crippen molar-refractivity contribution in [2.24, 2.45) is 10.7 Å². The predicted octanol–water partition coefficient (Wildman–Crippen LogP) is 1.50. The molecule has 7 heteroatoms. The van der Waals surface area contributed by atoms with Gasteiger partial charge in [-0.05, 0) is 19.9 Å². The van der Waals surface area contributed by atoms with Gasteiger partial charge in [0.2, 0.25) is 0 Å². The van der Waals surface area contributed by atoms with Crippen molar-refractivity contribution in [3.63, 3.8) is 0 Å². The minimum atomic E-state index is 0. The summed E-state index contributed by atoms with van der Waals surface area (Å²) >= 11 is 0. The maximum absolute atomic E-state index is 5.94. The molecule has 0 radical (unpaired) electrons. The highest BCUT2D eigenvalue weighted by atomic mass is 127. The molecule has 0 aliphatic rings. The number of halogens is 1. The van der Waals surface area contributed by atoms with Crippen LogP contribution in [0.2, 0.25) is 0 Å². The van der Waals surface area contributed by atoms with E-state index in [4.69, 9.17) is 5.73 Å². The van der Waals surface area contributed by atoms with E-state index < -0.39 is 0 Å². The highest BCUT2D eigenvalue weighted by Crippen LogP contribution is 2.04. The van der Waals surface area contributed by atoms with E-state index in [2.05, 4.69) is 28.9 Å². The predicted molar refractivity (Wildman–Crippen MR) is 86.6 cm³/mol. The average molecular weight is 374 g/mol. The average Bonchev–Trinajstić information content (AvgIpc) is 2.86. The number of hydrogen-bond donors (Lipinski definition) is 1. The molecule has 0 saturated carbocycles. The van der Waals surface area contributed by atoms with E-state index in [1.165, 1.54) is 0 Å². The summed E-state index contributed by atoms with van der Waals surface area (Å²) in [6, 6.07) is 3.76. The van der Waals surface area contributed by atoms with Gasteiger partial charge in [-0.2, -0.15) is 5.10 Å². The smallest absolute Gasteiger partial charge is 0.191 e. The Balaban J connectivity index is 0.00000180. The summed E-state index contributed by atoms with van der Waals surface area (Å²) in [7, 11) is 0. The Morgan fingerprint density at radius 2 is 2.05 bits per heavy atom. The van der Waals surface area contributed by atoms with Crippen LogP contribution in [0.15, 0.2) is 29.5 Å². The number of aliphatic imine (C=N–C) groups is 1. The van der Waals surface area contributed by atoms with Crippen molar-refractivity contribution in [3.8, 4) is 0 Å². The third-order valence-corrected chi connectivity index (χ3v) is 2.86. The van der Waals surface area contributed by atoms with Gasteiger partial charge >= 0.3 is 0 Å². The second-order valence-corrected chi connectivity index (χ2v) is 3.88. The van der Waals surface area contributed by atoms with Gasteiger partial charge in [0.05, 0.1) is 18.4 Å². The molecule has 0 saturated heterocycles. The van der Waals surface area contributed by atoms with Crippen LogP contribution in [0.3, 0.4) is 0 Å². The number of nitrogens with zero attached hydrogens (tertiary/aromatic N) is 5.